The summed E-state index contributed by atoms with van der Waals surface area (Å²) in [5.41, 5.74) is 5.69. The number of unbranched alkanes of at least 4 members (excludes halogenated alkanes) is 8. The predicted molar refractivity (Wildman–Crippen MR) is 101 cm³/mol. The lowest BCUT2D eigenvalue weighted by atomic mass is 9.94. The van der Waals surface area contributed by atoms with Crippen LogP contribution in [0.15, 0.2) is 12.1 Å². The third kappa shape index (κ3) is 7.65. The van der Waals surface area contributed by atoms with Gasteiger partial charge in [0, 0.05) is 5.88 Å². The Kier molecular flexibility index (Phi) is 12.6. The van der Waals surface area contributed by atoms with Crippen molar-refractivity contribution in [1.82, 2.24) is 6.15 Å². The van der Waals surface area contributed by atoms with Crippen LogP contribution in [-0.2, 0) is 12.3 Å². The number of hydrogen-bond acceptors (Lipinski definition) is 1. The molecular formula is C20H36ClN. The molecule has 0 unspecified atom stereocenters. The fourth-order valence-corrected chi connectivity index (χ4v) is 3.27. The highest BCUT2D eigenvalue weighted by molar-refractivity contribution is 6.17. The first-order chi connectivity index (χ1) is 10.2. The lowest BCUT2D eigenvalue weighted by molar-refractivity contribution is 0.564. The molecule has 1 nitrogen and oxygen atoms in total. The quantitative estimate of drug-likeness (QED) is 0.336. The van der Waals surface area contributed by atoms with Crippen LogP contribution in [0.25, 0.3) is 0 Å². The van der Waals surface area contributed by atoms with Gasteiger partial charge in [0.15, 0.2) is 0 Å². The predicted octanol–water partition coefficient (Wildman–Crippen LogP) is 7.28. The molecule has 0 heterocycles. The molecule has 0 aliphatic carbocycles. The molecule has 0 aliphatic heterocycles. The van der Waals surface area contributed by atoms with Crippen LogP contribution < -0.4 is 6.15 Å². The minimum Gasteiger partial charge on any atom is -0.344 e. The maximum atomic E-state index is 6.08. The SMILES string of the molecule is CCCCCCCCCCCc1c(CCl)ccc(C)c1C.N. The molecule has 3 N–H and O–H groups in total. The second-order valence-electron chi connectivity index (χ2n) is 6.36. The summed E-state index contributed by atoms with van der Waals surface area (Å²) in [7, 11) is 0. The highest BCUT2D eigenvalue weighted by Gasteiger charge is 2.07. The molecule has 0 saturated heterocycles. The molecule has 22 heavy (non-hydrogen) atoms. The fourth-order valence-electron chi connectivity index (χ4n) is 3.02. The second-order valence-corrected chi connectivity index (χ2v) is 6.62. The van der Waals surface area contributed by atoms with Crippen LogP contribution in [-0.4, -0.2) is 0 Å². The van der Waals surface area contributed by atoms with Crippen LogP contribution in [0.5, 0.6) is 0 Å². The topological polar surface area (TPSA) is 35.0 Å². The van der Waals surface area contributed by atoms with Gasteiger partial charge in [-0.1, -0.05) is 70.4 Å². The normalized spacial score (nSPS) is 10.5. The standard InChI is InChI=1S/C20H33Cl.H3N/c1-4-5-6-7-8-9-10-11-12-13-20-18(3)17(2)14-15-19(20)16-21;/h14-15H,4-13,16H2,1-3H3;1H3. The molecule has 1 aromatic carbocycles. The molecule has 0 aromatic heterocycles. The monoisotopic (exact) mass is 325 g/mol. The summed E-state index contributed by atoms with van der Waals surface area (Å²) in [5.74, 6) is 0.647. The van der Waals surface area contributed by atoms with Gasteiger partial charge in [-0.25, -0.2) is 0 Å². The lowest BCUT2D eigenvalue weighted by Crippen LogP contribution is -1.98. The molecule has 0 amide bonds. The van der Waals surface area contributed by atoms with Gasteiger partial charge >= 0.3 is 0 Å². The van der Waals surface area contributed by atoms with Crippen LogP contribution in [0, 0.1) is 13.8 Å². The summed E-state index contributed by atoms with van der Waals surface area (Å²) in [6.07, 6.45) is 13.7. The van der Waals surface area contributed by atoms with Crippen molar-refractivity contribution in [3.8, 4) is 0 Å². The Bertz CT molecular complexity index is 401. The Morgan fingerprint density at radius 3 is 1.91 bits per heavy atom. The Labute approximate surface area is 143 Å². The van der Waals surface area contributed by atoms with E-state index in [0.29, 0.717) is 5.88 Å². The van der Waals surface area contributed by atoms with Crippen LogP contribution in [0.3, 0.4) is 0 Å². The number of hydrogen-bond donors (Lipinski definition) is 1. The molecule has 2 heteroatoms. The summed E-state index contributed by atoms with van der Waals surface area (Å²) >= 11 is 6.08. The molecule has 1 aromatic rings. The maximum Gasteiger partial charge on any atom is 0.0476 e. The minimum atomic E-state index is 0. The fraction of sp³-hybridized carbons (Fsp3) is 0.700. The second kappa shape index (κ2) is 13.0. The zero-order chi connectivity index (χ0) is 15.5. The largest absolute Gasteiger partial charge is 0.344 e. The van der Waals surface area contributed by atoms with E-state index in [0.717, 1.165) is 0 Å². The van der Waals surface area contributed by atoms with E-state index < -0.39 is 0 Å². The summed E-state index contributed by atoms with van der Waals surface area (Å²) in [5, 5.41) is 0. The van der Waals surface area contributed by atoms with Crippen LogP contribution in [0.1, 0.15) is 87.0 Å². The average molecular weight is 326 g/mol. The Morgan fingerprint density at radius 2 is 1.36 bits per heavy atom. The van der Waals surface area contributed by atoms with E-state index in [4.69, 9.17) is 11.6 Å². The van der Waals surface area contributed by atoms with Gasteiger partial charge in [-0.15, -0.1) is 11.6 Å². The molecule has 1 rings (SSSR count). The van der Waals surface area contributed by atoms with E-state index in [2.05, 4.69) is 32.9 Å². The molecule has 0 fully saturated rings. The van der Waals surface area contributed by atoms with Gasteiger partial charge in [0.1, 0.15) is 0 Å². The lowest BCUT2D eigenvalue weighted by Gasteiger charge is -2.13. The summed E-state index contributed by atoms with van der Waals surface area (Å²) in [6.45, 7) is 6.73. The van der Waals surface area contributed by atoms with Gasteiger partial charge < -0.3 is 6.15 Å². The highest BCUT2D eigenvalue weighted by Crippen LogP contribution is 2.22. The number of benzene rings is 1. The molecule has 0 bridgehead atoms. The molecule has 128 valence electrons. The van der Waals surface area contributed by atoms with Gasteiger partial charge in [-0.3, -0.25) is 0 Å². The van der Waals surface area contributed by atoms with Gasteiger partial charge in [-0.05, 0) is 48.9 Å². The van der Waals surface area contributed by atoms with E-state index in [-0.39, 0.29) is 6.15 Å². The van der Waals surface area contributed by atoms with Crippen molar-refractivity contribution < 1.29 is 0 Å². The zero-order valence-electron chi connectivity index (χ0n) is 15.0. The third-order valence-corrected chi connectivity index (χ3v) is 4.93. The maximum absolute atomic E-state index is 6.08. The summed E-state index contributed by atoms with van der Waals surface area (Å²) in [4.78, 5) is 0. The highest BCUT2D eigenvalue weighted by atomic mass is 35.5. The van der Waals surface area contributed by atoms with Gasteiger partial charge in [0.2, 0.25) is 0 Å². The minimum absolute atomic E-state index is 0. The zero-order valence-corrected chi connectivity index (χ0v) is 15.8. The Hall–Kier alpha value is -0.530. The van der Waals surface area contributed by atoms with Crippen LogP contribution >= 0.6 is 11.6 Å². The average Bonchev–Trinajstić information content (AvgIpc) is 2.49. The van der Waals surface area contributed by atoms with Crippen molar-refractivity contribution in [1.29, 1.82) is 0 Å². The van der Waals surface area contributed by atoms with E-state index in [9.17, 15) is 0 Å². The number of rotatable bonds is 11. The third-order valence-electron chi connectivity index (χ3n) is 4.64. The van der Waals surface area contributed by atoms with Crippen LogP contribution in [0.4, 0.5) is 0 Å². The van der Waals surface area contributed by atoms with Gasteiger partial charge in [-0.2, -0.15) is 0 Å². The van der Waals surface area contributed by atoms with E-state index in [1.54, 1.807) is 0 Å². The number of alkyl halides is 1. The van der Waals surface area contributed by atoms with Crippen molar-refractivity contribution in [2.75, 3.05) is 0 Å². The van der Waals surface area contributed by atoms with E-state index >= 15 is 0 Å². The first kappa shape index (κ1) is 21.5. The molecule has 0 spiro atoms. The molecule has 0 atom stereocenters. The first-order valence-electron chi connectivity index (χ1n) is 8.84. The van der Waals surface area contributed by atoms with Crippen molar-refractivity contribution in [3.05, 3.63) is 34.4 Å². The molecule has 0 radical (unpaired) electrons. The van der Waals surface area contributed by atoms with Crippen LogP contribution in [0.2, 0.25) is 0 Å². The van der Waals surface area contributed by atoms with Crippen molar-refractivity contribution >= 4 is 11.6 Å². The summed E-state index contributed by atoms with van der Waals surface area (Å²) < 4.78 is 0. The molecular weight excluding hydrogens is 290 g/mol. The summed E-state index contributed by atoms with van der Waals surface area (Å²) in [6, 6.07) is 4.41. The molecule has 0 saturated carbocycles. The Balaban J connectivity index is 0.00000441. The van der Waals surface area contributed by atoms with Crippen molar-refractivity contribution in [2.45, 2.75) is 90.9 Å². The Morgan fingerprint density at radius 1 is 0.818 bits per heavy atom. The smallest absolute Gasteiger partial charge is 0.0476 e. The van der Waals surface area contributed by atoms with E-state index in [1.165, 1.54) is 86.5 Å². The van der Waals surface area contributed by atoms with Gasteiger partial charge in [0.05, 0.1) is 0 Å². The van der Waals surface area contributed by atoms with E-state index in [1.807, 2.05) is 0 Å². The number of halogens is 1. The molecule has 0 aliphatic rings. The van der Waals surface area contributed by atoms with Gasteiger partial charge in [0.25, 0.3) is 0 Å². The van der Waals surface area contributed by atoms with Crippen molar-refractivity contribution in [2.24, 2.45) is 0 Å². The number of aryl methyl sites for hydroxylation is 1. The van der Waals surface area contributed by atoms with Crippen molar-refractivity contribution in [3.63, 3.8) is 0 Å². The first-order valence-corrected chi connectivity index (χ1v) is 9.38.